The average Bonchev–Trinajstić information content (AvgIpc) is 3.40. The molecule has 0 unspecified atom stereocenters. The first-order valence-electron chi connectivity index (χ1n) is 10.3. The number of hydrogen-bond donors (Lipinski definition) is 2. The fourth-order valence-electron chi connectivity index (χ4n) is 3.51. The molecule has 1 amide bonds. The molecule has 5 aromatic rings. The summed E-state index contributed by atoms with van der Waals surface area (Å²) in [6, 6.07) is 12.0. The Morgan fingerprint density at radius 1 is 0.943 bits per heavy atom. The second-order valence-electron chi connectivity index (χ2n) is 7.52. The Labute approximate surface area is 201 Å². The van der Waals surface area contributed by atoms with Crippen LogP contribution < -0.4 is 5.32 Å². The van der Waals surface area contributed by atoms with E-state index in [0.717, 1.165) is 6.07 Å². The van der Waals surface area contributed by atoms with E-state index >= 15 is 4.39 Å². The van der Waals surface area contributed by atoms with Gasteiger partial charge in [-0.15, -0.1) is 0 Å². The SMILES string of the molecule is O=C(Nc1ccc(Cl)c(C(=O)c2ccc3ncc(-c4cn[nH]c4)nc3c2)c1F)c1cccc(F)c1. The molecule has 0 aliphatic carbocycles. The fraction of sp³-hybridized carbons (Fsp3) is 0. The molecule has 0 fully saturated rings. The van der Waals surface area contributed by atoms with Gasteiger partial charge < -0.3 is 5.32 Å². The van der Waals surface area contributed by atoms with Crippen LogP contribution in [0, 0.1) is 11.6 Å². The van der Waals surface area contributed by atoms with E-state index < -0.39 is 28.9 Å². The number of hydrogen-bond acceptors (Lipinski definition) is 5. The molecule has 10 heteroatoms. The zero-order valence-electron chi connectivity index (χ0n) is 17.7. The lowest BCUT2D eigenvalue weighted by Crippen LogP contribution is -2.15. The molecule has 0 saturated heterocycles. The molecule has 0 radical (unpaired) electrons. The van der Waals surface area contributed by atoms with Crippen molar-refractivity contribution in [3.8, 4) is 11.3 Å². The summed E-state index contributed by atoms with van der Waals surface area (Å²) < 4.78 is 28.8. The smallest absolute Gasteiger partial charge is 0.255 e. The molecule has 35 heavy (non-hydrogen) atoms. The van der Waals surface area contributed by atoms with Gasteiger partial charge in [-0.05, 0) is 48.5 Å². The number of fused-ring (bicyclic) bond motifs is 1. The lowest BCUT2D eigenvalue weighted by Gasteiger charge is -2.12. The summed E-state index contributed by atoms with van der Waals surface area (Å²) in [5, 5.41) is 8.81. The number of carbonyl (C=O) groups excluding carboxylic acids is 2. The van der Waals surface area contributed by atoms with Crippen molar-refractivity contribution >= 4 is 40.0 Å². The second-order valence-corrected chi connectivity index (χ2v) is 7.93. The Kier molecular flexibility index (Phi) is 5.76. The molecule has 0 saturated carbocycles. The Bertz CT molecular complexity index is 1610. The molecule has 0 atom stereocenters. The first-order chi connectivity index (χ1) is 16.9. The van der Waals surface area contributed by atoms with Gasteiger partial charge in [-0.25, -0.2) is 13.8 Å². The van der Waals surface area contributed by atoms with Gasteiger partial charge >= 0.3 is 0 Å². The molecule has 2 aromatic heterocycles. The predicted octanol–water partition coefficient (Wildman–Crippen LogP) is 5.43. The number of H-pyrrole nitrogens is 1. The molecule has 0 aliphatic rings. The van der Waals surface area contributed by atoms with Gasteiger partial charge in [0.05, 0.1) is 45.4 Å². The molecule has 2 N–H and O–H groups in total. The Balaban J connectivity index is 1.49. The summed E-state index contributed by atoms with van der Waals surface area (Å²) in [5.74, 6) is -3.06. The molecule has 2 heterocycles. The lowest BCUT2D eigenvalue weighted by atomic mass is 10.0. The van der Waals surface area contributed by atoms with E-state index in [1.807, 2.05) is 0 Å². The Morgan fingerprint density at radius 3 is 2.57 bits per heavy atom. The number of aromatic amines is 1. The molecular weight excluding hydrogens is 476 g/mol. The Morgan fingerprint density at radius 2 is 1.80 bits per heavy atom. The summed E-state index contributed by atoms with van der Waals surface area (Å²) in [6.45, 7) is 0. The topological polar surface area (TPSA) is 101 Å². The number of rotatable bonds is 5. The predicted molar refractivity (Wildman–Crippen MR) is 126 cm³/mol. The maximum absolute atomic E-state index is 15.4. The van der Waals surface area contributed by atoms with Crippen molar-refractivity contribution < 1.29 is 18.4 Å². The van der Waals surface area contributed by atoms with E-state index in [9.17, 15) is 14.0 Å². The molecule has 0 spiro atoms. The number of ketones is 1. The summed E-state index contributed by atoms with van der Waals surface area (Å²) in [4.78, 5) is 34.5. The average molecular weight is 490 g/mol. The van der Waals surface area contributed by atoms with Crippen LogP contribution in [-0.2, 0) is 0 Å². The number of benzene rings is 3. The number of carbonyl (C=O) groups is 2. The van der Waals surface area contributed by atoms with Crippen LogP contribution in [0.4, 0.5) is 14.5 Å². The quantitative estimate of drug-likeness (QED) is 0.320. The molecule has 0 bridgehead atoms. The van der Waals surface area contributed by atoms with E-state index in [1.165, 1.54) is 42.5 Å². The monoisotopic (exact) mass is 489 g/mol. The van der Waals surface area contributed by atoms with Crippen LogP contribution in [0.15, 0.2) is 73.2 Å². The molecule has 5 rings (SSSR count). The first-order valence-corrected chi connectivity index (χ1v) is 10.6. The molecular formula is C25H14ClF2N5O2. The van der Waals surface area contributed by atoms with Crippen LogP contribution in [0.3, 0.4) is 0 Å². The van der Waals surface area contributed by atoms with Crippen LogP contribution in [0.1, 0.15) is 26.3 Å². The van der Waals surface area contributed by atoms with Crippen LogP contribution in [0.2, 0.25) is 5.02 Å². The van der Waals surface area contributed by atoms with E-state index in [-0.39, 0.29) is 21.8 Å². The second kappa shape index (κ2) is 9.03. The van der Waals surface area contributed by atoms with Gasteiger partial charge in [0.15, 0.2) is 11.6 Å². The highest BCUT2D eigenvalue weighted by molar-refractivity contribution is 6.35. The van der Waals surface area contributed by atoms with Crippen LogP contribution in [0.25, 0.3) is 22.3 Å². The summed E-state index contributed by atoms with van der Waals surface area (Å²) >= 11 is 6.17. The number of amides is 1. The Hall–Kier alpha value is -4.50. The number of halogens is 3. The van der Waals surface area contributed by atoms with Crippen molar-refractivity contribution in [2.45, 2.75) is 0 Å². The van der Waals surface area contributed by atoms with Gasteiger partial charge in [-0.3, -0.25) is 19.7 Å². The van der Waals surface area contributed by atoms with Crippen molar-refractivity contribution in [2.24, 2.45) is 0 Å². The summed E-state index contributed by atoms with van der Waals surface area (Å²) in [5.41, 5.74) is 1.66. The van der Waals surface area contributed by atoms with Crippen LogP contribution >= 0.6 is 11.6 Å². The van der Waals surface area contributed by atoms with Gasteiger partial charge in [0.25, 0.3) is 5.91 Å². The fourth-order valence-corrected chi connectivity index (χ4v) is 3.74. The van der Waals surface area contributed by atoms with Crippen molar-refractivity contribution in [3.63, 3.8) is 0 Å². The minimum absolute atomic E-state index is 0.00578. The number of nitrogens with zero attached hydrogens (tertiary/aromatic N) is 3. The zero-order chi connectivity index (χ0) is 24.5. The highest BCUT2D eigenvalue weighted by atomic mass is 35.5. The number of nitrogens with one attached hydrogen (secondary N) is 2. The highest BCUT2D eigenvalue weighted by Crippen LogP contribution is 2.29. The molecule has 172 valence electrons. The van der Waals surface area contributed by atoms with Crippen molar-refractivity contribution in [1.82, 2.24) is 20.2 Å². The van der Waals surface area contributed by atoms with Gasteiger partial charge in [-0.2, -0.15) is 5.10 Å². The molecule has 7 nitrogen and oxygen atoms in total. The lowest BCUT2D eigenvalue weighted by molar-refractivity contribution is 0.101. The van der Waals surface area contributed by atoms with E-state index in [1.54, 1.807) is 24.7 Å². The van der Waals surface area contributed by atoms with E-state index in [2.05, 4.69) is 25.5 Å². The maximum Gasteiger partial charge on any atom is 0.255 e. The van der Waals surface area contributed by atoms with Crippen molar-refractivity contribution in [3.05, 3.63) is 107 Å². The van der Waals surface area contributed by atoms with Gasteiger partial charge in [0.2, 0.25) is 0 Å². The number of aromatic nitrogens is 4. The normalized spacial score (nSPS) is 10.9. The van der Waals surface area contributed by atoms with Gasteiger partial charge in [0.1, 0.15) is 5.82 Å². The third kappa shape index (κ3) is 4.36. The summed E-state index contributed by atoms with van der Waals surface area (Å²) in [7, 11) is 0. The third-order valence-corrected chi connectivity index (χ3v) is 5.57. The van der Waals surface area contributed by atoms with E-state index in [4.69, 9.17) is 11.6 Å². The largest absolute Gasteiger partial charge is 0.319 e. The number of anilines is 1. The molecule has 3 aromatic carbocycles. The zero-order valence-corrected chi connectivity index (χ0v) is 18.5. The van der Waals surface area contributed by atoms with Crippen molar-refractivity contribution in [2.75, 3.05) is 5.32 Å². The maximum atomic E-state index is 15.4. The van der Waals surface area contributed by atoms with Gasteiger partial charge in [-0.1, -0.05) is 17.7 Å². The van der Waals surface area contributed by atoms with Crippen LogP contribution in [0.5, 0.6) is 0 Å². The standard InChI is InChI=1S/C25H14ClF2N5O2/c26-17-5-7-19(33-25(35)14-2-1-3-16(27)8-14)23(28)22(17)24(34)13-4-6-18-20(9-13)32-21(12-29-18)15-10-30-31-11-15/h1-12H,(H,30,31)(H,33,35). The van der Waals surface area contributed by atoms with Crippen molar-refractivity contribution in [1.29, 1.82) is 0 Å². The van der Waals surface area contributed by atoms with Gasteiger partial charge in [0, 0.05) is 22.9 Å². The molecule has 0 aliphatic heterocycles. The highest BCUT2D eigenvalue weighted by Gasteiger charge is 2.22. The minimum atomic E-state index is -1.01. The third-order valence-electron chi connectivity index (χ3n) is 5.25. The van der Waals surface area contributed by atoms with E-state index in [0.29, 0.717) is 22.3 Å². The van der Waals surface area contributed by atoms with Crippen LogP contribution in [-0.4, -0.2) is 31.9 Å². The minimum Gasteiger partial charge on any atom is -0.319 e. The first kappa shape index (κ1) is 22.3. The summed E-state index contributed by atoms with van der Waals surface area (Å²) in [6.07, 6.45) is 4.82.